The van der Waals surface area contributed by atoms with Gasteiger partial charge in [0, 0.05) is 17.7 Å². The monoisotopic (exact) mass is 423 g/mol. The van der Waals surface area contributed by atoms with Crippen LogP contribution in [0.15, 0.2) is 54.6 Å². The second-order valence-corrected chi connectivity index (χ2v) is 8.03. The third-order valence-corrected chi connectivity index (χ3v) is 5.85. The first-order chi connectivity index (χ1) is 14.8. The summed E-state index contributed by atoms with van der Waals surface area (Å²) in [6.07, 6.45) is -2.27. The number of ketones is 1. The van der Waals surface area contributed by atoms with Crippen LogP contribution >= 0.6 is 0 Å². The fourth-order valence-corrected chi connectivity index (χ4v) is 4.05. The van der Waals surface area contributed by atoms with Gasteiger partial charge in [0.2, 0.25) is 0 Å². The molecule has 0 amide bonds. The van der Waals surface area contributed by atoms with E-state index in [-0.39, 0.29) is 29.5 Å². The van der Waals surface area contributed by atoms with E-state index in [0.29, 0.717) is 29.8 Å². The number of carbonyl (C=O) groups excluding carboxylic acids is 1. The van der Waals surface area contributed by atoms with Gasteiger partial charge in [-0.1, -0.05) is 24.3 Å². The minimum Gasteiger partial charge on any atom is -0.508 e. The standard InChI is InChI=1S/C24H19F2NO4/c1-14-5-7-17(27-22(14)15-3-2-4-18(28)11-15)13-21(29)23(9-10-23)16-6-8-19-20(12-16)31-24(25,26)30-19/h2-8,11-12,28H,9-10,13H2,1H3. The van der Waals surface area contributed by atoms with Crippen molar-refractivity contribution < 1.29 is 28.2 Å². The van der Waals surface area contributed by atoms with Crippen LogP contribution in [-0.4, -0.2) is 22.2 Å². The number of Topliss-reactive ketones (excluding diaryl/α,β-unsaturated/α-hetero) is 1. The largest absolute Gasteiger partial charge is 0.586 e. The van der Waals surface area contributed by atoms with Gasteiger partial charge in [-0.25, -0.2) is 0 Å². The molecule has 2 aliphatic rings. The van der Waals surface area contributed by atoms with Crippen molar-refractivity contribution in [1.82, 2.24) is 4.98 Å². The first-order valence-corrected chi connectivity index (χ1v) is 9.95. The molecule has 1 aromatic heterocycles. The lowest BCUT2D eigenvalue weighted by atomic mass is 9.88. The number of halogens is 2. The van der Waals surface area contributed by atoms with Crippen LogP contribution < -0.4 is 9.47 Å². The second-order valence-electron chi connectivity index (χ2n) is 8.03. The maximum Gasteiger partial charge on any atom is 0.586 e. The van der Waals surface area contributed by atoms with Gasteiger partial charge in [0.1, 0.15) is 11.5 Å². The van der Waals surface area contributed by atoms with Crippen LogP contribution in [0.4, 0.5) is 8.78 Å². The molecule has 0 spiro atoms. The van der Waals surface area contributed by atoms with Crippen LogP contribution in [0.1, 0.15) is 29.7 Å². The summed E-state index contributed by atoms with van der Waals surface area (Å²) < 4.78 is 35.6. The number of aromatic nitrogens is 1. The Kier molecular flexibility index (Phi) is 4.25. The van der Waals surface area contributed by atoms with Gasteiger partial charge in [0.05, 0.1) is 11.1 Å². The fraction of sp³-hybridized carbons (Fsp3) is 0.250. The summed E-state index contributed by atoms with van der Waals surface area (Å²) in [5, 5.41) is 9.77. The second kappa shape index (κ2) is 6.77. The molecule has 2 heterocycles. The van der Waals surface area contributed by atoms with Gasteiger partial charge in [-0.05, 0) is 61.2 Å². The van der Waals surface area contributed by atoms with Crippen LogP contribution in [0.25, 0.3) is 11.3 Å². The Balaban J connectivity index is 1.40. The predicted octanol–water partition coefficient (Wildman–Crippen LogP) is 4.93. The third kappa shape index (κ3) is 3.50. The Hall–Kier alpha value is -3.48. The highest BCUT2D eigenvalue weighted by molar-refractivity contribution is 5.94. The number of carbonyl (C=O) groups is 1. The number of hydrogen-bond acceptors (Lipinski definition) is 5. The number of hydrogen-bond donors (Lipinski definition) is 1. The van der Waals surface area contributed by atoms with Crippen LogP contribution in [0.5, 0.6) is 17.2 Å². The average molecular weight is 423 g/mol. The normalized spacial score (nSPS) is 17.4. The smallest absolute Gasteiger partial charge is 0.508 e. The van der Waals surface area contributed by atoms with E-state index in [1.807, 2.05) is 25.1 Å². The molecule has 5 nitrogen and oxygen atoms in total. The zero-order chi connectivity index (χ0) is 21.8. The first kappa shape index (κ1) is 19.5. The van der Waals surface area contributed by atoms with Crippen molar-refractivity contribution in [2.24, 2.45) is 0 Å². The molecular weight excluding hydrogens is 404 g/mol. The molecule has 0 bridgehead atoms. The Morgan fingerprint density at radius 2 is 1.84 bits per heavy atom. The summed E-state index contributed by atoms with van der Waals surface area (Å²) in [5.74, 6) is 0.0380. The van der Waals surface area contributed by atoms with E-state index < -0.39 is 11.7 Å². The van der Waals surface area contributed by atoms with Crippen LogP contribution in [0.2, 0.25) is 0 Å². The number of phenols is 1. The van der Waals surface area contributed by atoms with Gasteiger partial charge in [0.15, 0.2) is 11.5 Å². The highest BCUT2D eigenvalue weighted by atomic mass is 19.3. The number of benzene rings is 2. The molecule has 158 valence electrons. The highest BCUT2D eigenvalue weighted by Gasteiger charge is 2.52. The predicted molar refractivity (Wildman–Crippen MR) is 108 cm³/mol. The van der Waals surface area contributed by atoms with Gasteiger partial charge in [-0.15, -0.1) is 8.78 Å². The fourth-order valence-electron chi connectivity index (χ4n) is 4.05. The maximum absolute atomic E-state index is 13.3. The summed E-state index contributed by atoms with van der Waals surface area (Å²) in [6, 6.07) is 15.1. The SMILES string of the molecule is Cc1ccc(CC(=O)C2(c3ccc4c(c3)OC(F)(F)O4)CC2)nc1-c1cccc(O)c1. The van der Waals surface area contributed by atoms with Gasteiger partial charge in [-0.3, -0.25) is 9.78 Å². The minimum absolute atomic E-state index is 0.0173. The van der Waals surface area contributed by atoms with Crippen molar-refractivity contribution in [3.05, 3.63) is 71.4 Å². The van der Waals surface area contributed by atoms with E-state index in [4.69, 9.17) is 0 Å². The number of alkyl halides is 2. The zero-order valence-corrected chi connectivity index (χ0v) is 16.7. The van der Waals surface area contributed by atoms with Crippen molar-refractivity contribution >= 4 is 5.78 Å². The summed E-state index contributed by atoms with van der Waals surface area (Å²) in [7, 11) is 0. The molecule has 1 N–H and O–H groups in total. The van der Waals surface area contributed by atoms with Crippen molar-refractivity contribution in [3.63, 3.8) is 0 Å². The highest BCUT2D eigenvalue weighted by Crippen LogP contribution is 2.52. The maximum atomic E-state index is 13.3. The molecule has 1 aliphatic heterocycles. The van der Waals surface area contributed by atoms with E-state index in [9.17, 15) is 18.7 Å². The molecule has 5 rings (SSSR count). The minimum atomic E-state index is -3.68. The lowest BCUT2D eigenvalue weighted by Gasteiger charge is -2.15. The number of aryl methyl sites for hydroxylation is 1. The average Bonchev–Trinajstić information content (AvgIpc) is 3.46. The summed E-state index contributed by atoms with van der Waals surface area (Å²) in [6.45, 7) is 1.92. The Morgan fingerprint density at radius 3 is 2.58 bits per heavy atom. The first-order valence-electron chi connectivity index (χ1n) is 9.95. The summed E-state index contributed by atoms with van der Waals surface area (Å²) in [4.78, 5) is 17.9. The van der Waals surface area contributed by atoms with E-state index in [1.165, 1.54) is 12.1 Å². The molecule has 0 saturated heterocycles. The number of rotatable bonds is 5. The van der Waals surface area contributed by atoms with Gasteiger partial charge in [0.25, 0.3) is 0 Å². The van der Waals surface area contributed by atoms with E-state index in [2.05, 4.69) is 14.5 Å². The van der Waals surface area contributed by atoms with Crippen molar-refractivity contribution in [2.45, 2.75) is 37.9 Å². The van der Waals surface area contributed by atoms with E-state index in [1.54, 1.807) is 24.3 Å². The number of nitrogens with zero attached hydrogens (tertiary/aromatic N) is 1. The number of phenolic OH excluding ortho intramolecular Hbond substituents is 1. The number of ether oxygens (including phenoxy) is 2. The van der Waals surface area contributed by atoms with Crippen LogP contribution in [0.3, 0.4) is 0 Å². The Labute approximate surface area is 177 Å². The topological polar surface area (TPSA) is 68.7 Å². The lowest BCUT2D eigenvalue weighted by Crippen LogP contribution is -2.26. The Morgan fingerprint density at radius 1 is 1.06 bits per heavy atom. The van der Waals surface area contributed by atoms with Gasteiger partial charge >= 0.3 is 6.29 Å². The molecule has 0 radical (unpaired) electrons. The number of aromatic hydroxyl groups is 1. The molecular formula is C24H19F2NO4. The lowest BCUT2D eigenvalue weighted by molar-refractivity contribution is -0.286. The van der Waals surface area contributed by atoms with Crippen molar-refractivity contribution in [2.75, 3.05) is 0 Å². The number of fused-ring (bicyclic) bond motifs is 1. The van der Waals surface area contributed by atoms with E-state index >= 15 is 0 Å². The molecule has 0 unspecified atom stereocenters. The quantitative estimate of drug-likeness (QED) is 0.630. The summed E-state index contributed by atoms with van der Waals surface area (Å²) >= 11 is 0. The molecule has 1 aliphatic carbocycles. The molecule has 2 aromatic carbocycles. The molecule has 1 fully saturated rings. The van der Waals surface area contributed by atoms with Crippen LogP contribution in [-0.2, 0) is 16.6 Å². The molecule has 0 atom stereocenters. The van der Waals surface area contributed by atoms with E-state index in [0.717, 1.165) is 11.1 Å². The van der Waals surface area contributed by atoms with Gasteiger partial charge in [-0.2, -0.15) is 0 Å². The third-order valence-electron chi connectivity index (χ3n) is 5.85. The van der Waals surface area contributed by atoms with Crippen LogP contribution in [0, 0.1) is 6.92 Å². The van der Waals surface area contributed by atoms with Crippen molar-refractivity contribution in [3.8, 4) is 28.5 Å². The molecule has 7 heteroatoms. The van der Waals surface area contributed by atoms with Gasteiger partial charge < -0.3 is 14.6 Å². The zero-order valence-electron chi connectivity index (χ0n) is 16.7. The molecule has 1 saturated carbocycles. The van der Waals surface area contributed by atoms with Crippen molar-refractivity contribution in [1.29, 1.82) is 0 Å². The molecule has 31 heavy (non-hydrogen) atoms. The summed E-state index contributed by atoms with van der Waals surface area (Å²) in [5.41, 5.74) is 2.96. The number of pyridine rings is 1. The Bertz CT molecular complexity index is 1200. The molecule has 3 aromatic rings.